The molecule has 0 saturated heterocycles. The third kappa shape index (κ3) is 4.68. The second-order valence-corrected chi connectivity index (χ2v) is 7.25. The molecule has 1 aliphatic carbocycles. The van der Waals surface area contributed by atoms with E-state index >= 15 is 0 Å². The number of benzene rings is 1. The number of amides is 2. The van der Waals surface area contributed by atoms with E-state index in [0.29, 0.717) is 12.5 Å². The highest BCUT2D eigenvalue weighted by Crippen LogP contribution is 2.35. The quantitative estimate of drug-likeness (QED) is 0.534. The molecule has 1 heterocycles. The first kappa shape index (κ1) is 20.2. The topological polar surface area (TPSA) is 129 Å². The molecule has 0 aliphatic heterocycles. The van der Waals surface area contributed by atoms with Crippen LogP contribution in [-0.2, 0) is 17.9 Å². The lowest BCUT2D eigenvalue weighted by Crippen LogP contribution is -2.43. The molecule has 1 aromatic carbocycles. The summed E-state index contributed by atoms with van der Waals surface area (Å²) in [6.07, 6.45) is 3.03. The van der Waals surface area contributed by atoms with Crippen molar-refractivity contribution in [2.24, 2.45) is 11.7 Å². The highest BCUT2D eigenvalue weighted by molar-refractivity contribution is 5.93. The van der Waals surface area contributed by atoms with Crippen LogP contribution in [0.1, 0.15) is 35.7 Å². The highest BCUT2D eigenvalue weighted by Gasteiger charge is 2.34. The number of pyridine rings is 1. The number of nitrogens with zero attached hydrogens (tertiary/aromatic N) is 3. The van der Waals surface area contributed by atoms with Crippen molar-refractivity contribution in [1.82, 2.24) is 9.47 Å². The molecule has 0 unspecified atom stereocenters. The number of primary amides is 1. The number of hydrogen-bond donors (Lipinski definition) is 1. The number of rotatable bonds is 8. The second kappa shape index (κ2) is 8.26. The minimum atomic E-state index is -1.08. The van der Waals surface area contributed by atoms with Crippen LogP contribution in [0.2, 0.25) is 0 Å². The zero-order valence-electron chi connectivity index (χ0n) is 16.0. The van der Waals surface area contributed by atoms with Crippen molar-refractivity contribution >= 4 is 17.5 Å². The van der Waals surface area contributed by atoms with Crippen LogP contribution in [0.25, 0.3) is 0 Å². The van der Waals surface area contributed by atoms with Gasteiger partial charge in [0.1, 0.15) is 12.1 Å². The van der Waals surface area contributed by atoms with Crippen LogP contribution in [0.5, 0.6) is 0 Å². The number of hydrogen-bond acceptors (Lipinski definition) is 5. The van der Waals surface area contributed by atoms with Crippen molar-refractivity contribution in [3.63, 3.8) is 0 Å². The van der Waals surface area contributed by atoms with E-state index in [2.05, 4.69) is 0 Å². The third-order valence-corrected chi connectivity index (χ3v) is 5.17. The Labute approximate surface area is 166 Å². The summed E-state index contributed by atoms with van der Waals surface area (Å²) in [6, 6.07) is 10.3. The molecule has 0 spiro atoms. The monoisotopic (exact) mass is 398 g/mol. The van der Waals surface area contributed by atoms with Gasteiger partial charge < -0.3 is 10.6 Å². The Morgan fingerprint density at radius 1 is 1.31 bits per heavy atom. The summed E-state index contributed by atoms with van der Waals surface area (Å²) in [7, 11) is 0. The molecule has 0 bridgehead atoms. The van der Waals surface area contributed by atoms with E-state index in [1.54, 1.807) is 4.90 Å². The first-order valence-corrected chi connectivity index (χ1v) is 9.30. The fraction of sp³-hybridized carbons (Fsp3) is 0.350. The molecule has 1 atom stereocenters. The Hall–Kier alpha value is -3.49. The van der Waals surface area contributed by atoms with Crippen LogP contribution in [0.4, 0.5) is 5.69 Å². The number of carbonyl (C=O) groups is 2. The van der Waals surface area contributed by atoms with Gasteiger partial charge in [0, 0.05) is 18.7 Å². The van der Waals surface area contributed by atoms with Crippen molar-refractivity contribution in [3.8, 4) is 0 Å². The van der Waals surface area contributed by atoms with Gasteiger partial charge in [-0.2, -0.15) is 0 Å². The van der Waals surface area contributed by atoms with Gasteiger partial charge in [0.15, 0.2) is 0 Å². The van der Waals surface area contributed by atoms with Crippen molar-refractivity contribution in [2.45, 2.75) is 38.9 Å². The first-order chi connectivity index (χ1) is 13.8. The minimum absolute atomic E-state index is 0.0345. The van der Waals surface area contributed by atoms with Crippen molar-refractivity contribution in [2.75, 3.05) is 0 Å². The van der Waals surface area contributed by atoms with Gasteiger partial charge in [-0.05, 0) is 31.2 Å². The van der Waals surface area contributed by atoms with E-state index in [9.17, 15) is 24.5 Å². The minimum Gasteiger partial charge on any atom is -0.365 e. The summed E-state index contributed by atoms with van der Waals surface area (Å²) in [5.41, 5.74) is 4.30. The summed E-state index contributed by atoms with van der Waals surface area (Å²) in [5, 5.41) is 11.1. The second-order valence-electron chi connectivity index (χ2n) is 7.25. The van der Waals surface area contributed by atoms with Gasteiger partial charge in [-0.1, -0.05) is 30.3 Å². The predicted octanol–water partition coefficient (Wildman–Crippen LogP) is 1.68. The van der Waals surface area contributed by atoms with Gasteiger partial charge in [0.05, 0.1) is 11.1 Å². The summed E-state index contributed by atoms with van der Waals surface area (Å²) < 4.78 is 0.887. The molecule has 1 aliphatic rings. The Morgan fingerprint density at radius 2 is 1.97 bits per heavy atom. The maximum atomic E-state index is 13.1. The standard InChI is InChI=1S/C20H22N4O5/c1-13(15-7-8-15)23(10-14-5-3-2-4-6-14)18(25)12-22-11-16(24(28)29)9-17(19(21)26)20(22)27/h2-6,9,11,13,15H,7-8,10,12H2,1H3,(H2,21,26)/t13-/m0/s1. The lowest BCUT2D eigenvalue weighted by atomic mass is 10.1. The molecule has 1 aromatic heterocycles. The van der Waals surface area contributed by atoms with E-state index in [4.69, 9.17) is 5.73 Å². The predicted molar refractivity (Wildman–Crippen MR) is 105 cm³/mol. The Bertz CT molecular complexity index is 998. The van der Waals surface area contributed by atoms with Gasteiger partial charge in [-0.15, -0.1) is 0 Å². The smallest absolute Gasteiger partial charge is 0.286 e. The van der Waals surface area contributed by atoms with Crippen LogP contribution in [-0.4, -0.2) is 32.2 Å². The van der Waals surface area contributed by atoms with Gasteiger partial charge in [-0.3, -0.25) is 29.1 Å². The third-order valence-electron chi connectivity index (χ3n) is 5.17. The van der Waals surface area contributed by atoms with Gasteiger partial charge in [0.25, 0.3) is 17.2 Å². The van der Waals surface area contributed by atoms with Gasteiger partial charge >= 0.3 is 0 Å². The molecule has 3 rings (SSSR count). The average Bonchev–Trinajstić information content (AvgIpc) is 3.52. The summed E-state index contributed by atoms with van der Waals surface area (Å²) in [5.74, 6) is -1.04. The Morgan fingerprint density at radius 3 is 2.52 bits per heavy atom. The fourth-order valence-corrected chi connectivity index (χ4v) is 3.32. The zero-order chi connectivity index (χ0) is 21.1. The molecule has 1 fully saturated rings. The normalized spacial score (nSPS) is 14.2. The molecular weight excluding hydrogens is 376 g/mol. The van der Waals surface area contributed by atoms with Crippen LogP contribution >= 0.6 is 0 Å². The van der Waals surface area contributed by atoms with Crippen LogP contribution in [0, 0.1) is 16.0 Å². The van der Waals surface area contributed by atoms with E-state index in [1.807, 2.05) is 37.3 Å². The number of nitro groups is 1. The van der Waals surface area contributed by atoms with Crippen molar-refractivity contribution in [3.05, 3.63) is 74.2 Å². The average molecular weight is 398 g/mol. The van der Waals surface area contributed by atoms with Crippen molar-refractivity contribution < 1.29 is 14.5 Å². The number of nitrogens with two attached hydrogens (primary N) is 1. The van der Waals surface area contributed by atoms with E-state index in [1.165, 1.54) is 0 Å². The van der Waals surface area contributed by atoms with E-state index in [0.717, 1.165) is 35.2 Å². The molecule has 29 heavy (non-hydrogen) atoms. The molecule has 1 saturated carbocycles. The zero-order valence-corrected chi connectivity index (χ0v) is 16.0. The van der Waals surface area contributed by atoms with Gasteiger partial charge in [-0.25, -0.2) is 0 Å². The lowest BCUT2D eigenvalue weighted by Gasteiger charge is -2.30. The van der Waals surface area contributed by atoms with Gasteiger partial charge in [0.2, 0.25) is 5.91 Å². The van der Waals surface area contributed by atoms with Crippen LogP contribution < -0.4 is 11.3 Å². The largest absolute Gasteiger partial charge is 0.365 e. The summed E-state index contributed by atoms with van der Waals surface area (Å²) in [4.78, 5) is 49.2. The molecule has 0 radical (unpaired) electrons. The van der Waals surface area contributed by atoms with E-state index < -0.39 is 34.2 Å². The van der Waals surface area contributed by atoms with E-state index in [-0.39, 0.29) is 11.9 Å². The van der Waals surface area contributed by atoms with Crippen LogP contribution in [0.3, 0.4) is 0 Å². The molecule has 2 amide bonds. The molecule has 9 heteroatoms. The highest BCUT2D eigenvalue weighted by atomic mass is 16.6. The first-order valence-electron chi connectivity index (χ1n) is 9.30. The lowest BCUT2D eigenvalue weighted by molar-refractivity contribution is -0.385. The SMILES string of the molecule is C[C@@H](C1CC1)N(Cc1ccccc1)C(=O)Cn1cc([N+](=O)[O-])cc(C(N)=O)c1=O. The van der Waals surface area contributed by atoms with Crippen LogP contribution in [0.15, 0.2) is 47.4 Å². The molecule has 9 nitrogen and oxygen atoms in total. The maximum absolute atomic E-state index is 13.1. The summed E-state index contributed by atoms with van der Waals surface area (Å²) >= 11 is 0. The number of carbonyl (C=O) groups excluding carboxylic acids is 2. The van der Waals surface area contributed by atoms with Crippen molar-refractivity contribution in [1.29, 1.82) is 0 Å². The molecule has 152 valence electrons. The Balaban J connectivity index is 1.92. The summed E-state index contributed by atoms with van der Waals surface area (Å²) in [6.45, 7) is 1.91. The number of aromatic nitrogens is 1. The maximum Gasteiger partial charge on any atom is 0.286 e. The molecule has 2 aromatic rings. The fourth-order valence-electron chi connectivity index (χ4n) is 3.32. The molecule has 2 N–H and O–H groups in total. The Kier molecular flexibility index (Phi) is 5.76. The molecular formula is C20H22N4O5.